The van der Waals surface area contributed by atoms with Crippen LogP contribution in [0, 0.1) is 5.92 Å². The van der Waals surface area contributed by atoms with Crippen LogP contribution in [0.2, 0.25) is 0 Å². The molecule has 5 nitrogen and oxygen atoms in total. The van der Waals surface area contributed by atoms with E-state index in [2.05, 4.69) is 13.8 Å². The van der Waals surface area contributed by atoms with Crippen molar-refractivity contribution in [3.05, 3.63) is 23.8 Å². The van der Waals surface area contributed by atoms with Gasteiger partial charge in [-0.25, -0.2) is 4.79 Å². The van der Waals surface area contributed by atoms with Crippen LogP contribution in [0.3, 0.4) is 0 Å². The van der Waals surface area contributed by atoms with Gasteiger partial charge in [-0.2, -0.15) is 0 Å². The standard InChI is InChI=1S/C14H21NO4/c1-10(2)6-7-18-8-9-19-13-11(14(16)17)4-3-5-12(13)15/h3-5,10H,6-9,15H2,1-2H3,(H,16,17). The lowest BCUT2D eigenvalue weighted by atomic mass is 10.1. The molecule has 3 N–H and O–H groups in total. The molecule has 0 unspecified atom stereocenters. The van der Waals surface area contributed by atoms with Gasteiger partial charge in [0.2, 0.25) is 0 Å². The van der Waals surface area contributed by atoms with Gasteiger partial charge in [0.25, 0.3) is 0 Å². The Bertz CT molecular complexity index is 418. The molecule has 106 valence electrons. The van der Waals surface area contributed by atoms with E-state index < -0.39 is 5.97 Å². The van der Waals surface area contributed by atoms with Gasteiger partial charge in [0, 0.05) is 6.61 Å². The molecule has 0 spiro atoms. The van der Waals surface area contributed by atoms with E-state index in [4.69, 9.17) is 20.3 Å². The van der Waals surface area contributed by atoms with E-state index in [0.29, 0.717) is 24.8 Å². The number of carboxylic acids is 1. The number of anilines is 1. The highest BCUT2D eigenvalue weighted by Gasteiger charge is 2.13. The summed E-state index contributed by atoms with van der Waals surface area (Å²) in [5.41, 5.74) is 6.10. The minimum atomic E-state index is -1.05. The van der Waals surface area contributed by atoms with Gasteiger partial charge in [-0.3, -0.25) is 0 Å². The fraction of sp³-hybridized carbons (Fsp3) is 0.500. The first kappa shape index (κ1) is 15.3. The quantitative estimate of drug-likeness (QED) is 0.558. The Hall–Kier alpha value is -1.75. The van der Waals surface area contributed by atoms with Crippen LogP contribution in [0.25, 0.3) is 0 Å². The van der Waals surface area contributed by atoms with Crippen LogP contribution in [0.15, 0.2) is 18.2 Å². The third-order valence-corrected chi connectivity index (χ3v) is 2.59. The van der Waals surface area contributed by atoms with Gasteiger partial charge in [-0.1, -0.05) is 19.9 Å². The summed E-state index contributed by atoms with van der Waals surface area (Å²) in [5, 5.41) is 9.03. The SMILES string of the molecule is CC(C)CCOCCOc1c(N)cccc1C(=O)O. The van der Waals surface area contributed by atoms with E-state index in [9.17, 15) is 4.79 Å². The Morgan fingerprint density at radius 2 is 2.05 bits per heavy atom. The van der Waals surface area contributed by atoms with E-state index >= 15 is 0 Å². The molecular formula is C14H21NO4. The van der Waals surface area contributed by atoms with Crippen molar-refractivity contribution in [2.75, 3.05) is 25.6 Å². The summed E-state index contributed by atoms with van der Waals surface area (Å²) >= 11 is 0. The predicted octanol–water partition coefficient (Wildman–Crippen LogP) is 2.41. The maximum Gasteiger partial charge on any atom is 0.339 e. The summed E-state index contributed by atoms with van der Waals surface area (Å²) in [6, 6.07) is 4.67. The lowest BCUT2D eigenvalue weighted by molar-refractivity contribution is 0.0683. The maximum absolute atomic E-state index is 11.0. The molecule has 0 atom stereocenters. The summed E-state index contributed by atoms with van der Waals surface area (Å²) in [7, 11) is 0. The number of aromatic carboxylic acids is 1. The predicted molar refractivity (Wildman–Crippen MR) is 73.6 cm³/mol. The number of rotatable bonds is 8. The minimum absolute atomic E-state index is 0.0715. The van der Waals surface area contributed by atoms with E-state index in [1.54, 1.807) is 12.1 Å². The minimum Gasteiger partial charge on any atom is -0.488 e. The highest BCUT2D eigenvalue weighted by atomic mass is 16.5. The van der Waals surface area contributed by atoms with Crippen molar-refractivity contribution in [2.45, 2.75) is 20.3 Å². The molecule has 0 heterocycles. The third kappa shape index (κ3) is 5.18. The van der Waals surface area contributed by atoms with Crippen LogP contribution < -0.4 is 10.5 Å². The summed E-state index contributed by atoms with van der Waals surface area (Å²) in [4.78, 5) is 11.0. The van der Waals surface area contributed by atoms with Gasteiger partial charge < -0.3 is 20.3 Å². The number of hydrogen-bond donors (Lipinski definition) is 2. The van der Waals surface area contributed by atoms with Crippen molar-refractivity contribution in [3.63, 3.8) is 0 Å². The molecule has 0 amide bonds. The third-order valence-electron chi connectivity index (χ3n) is 2.59. The fourth-order valence-electron chi connectivity index (χ4n) is 1.51. The van der Waals surface area contributed by atoms with Gasteiger partial charge in [0.05, 0.1) is 12.3 Å². The average molecular weight is 267 g/mol. The molecule has 0 saturated carbocycles. The molecule has 0 aliphatic rings. The zero-order valence-corrected chi connectivity index (χ0v) is 11.4. The summed E-state index contributed by atoms with van der Waals surface area (Å²) in [6.45, 7) is 5.64. The number of carbonyl (C=O) groups is 1. The number of hydrogen-bond acceptors (Lipinski definition) is 4. The lowest BCUT2D eigenvalue weighted by Crippen LogP contribution is -2.12. The topological polar surface area (TPSA) is 81.8 Å². The van der Waals surface area contributed by atoms with Gasteiger partial charge in [-0.15, -0.1) is 0 Å². The smallest absolute Gasteiger partial charge is 0.339 e. The molecule has 0 radical (unpaired) electrons. The Labute approximate surface area is 113 Å². The van der Waals surface area contributed by atoms with Crippen LogP contribution in [0.4, 0.5) is 5.69 Å². The largest absolute Gasteiger partial charge is 0.488 e. The van der Waals surface area contributed by atoms with E-state index in [1.165, 1.54) is 6.07 Å². The Morgan fingerprint density at radius 1 is 1.32 bits per heavy atom. The van der Waals surface area contributed by atoms with Crippen molar-refractivity contribution in [3.8, 4) is 5.75 Å². The summed E-state index contributed by atoms with van der Waals surface area (Å²) < 4.78 is 10.8. The molecule has 0 aliphatic heterocycles. The first-order chi connectivity index (χ1) is 9.02. The van der Waals surface area contributed by atoms with Gasteiger partial charge in [-0.05, 0) is 24.5 Å². The van der Waals surface area contributed by atoms with Gasteiger partial charge in [0.1, 0.15) is 12.2 Å². The molecule has 0 aromatic heterocycles. The van der Waals surface area contributed by atoms with E-state index in [1.807, 2.05) is 0 Å². The highest BCUT2D eigenvalue weighted by molar-refractivity contribution is 5.93. The molecule has 1 aromatic rings. The van der Waals surface area contributed by atoms with Gasteiger partial charge in [0.15, 0.2) is 5.75 Å². The van der Waals surface area contributed by atoms with Crippen LogP contribution in [0.5, 0.6) is 5.75 Å². The van der Waals surface area contributed by atoms with E-state index in [0.717, 1.165) is 6.42 Å². The van der Waals surface area contributed by atoms with Crippen LogP contribution in [-0.2, 0) is 4.74 Å². The van der Waals surface area contributed by atoms with Crippen molar-refractivity contribution >= 4 is 11.7 Å². The molecular weight excluding hydrogens is 246 g/mol. The molecule has 1 aromatic carbocycles. The number of carboxylic acid groups (broad SMARTS) is 1. The summed E-state index contributed by atoms with van der Waals surface area (Å²) in [5.74, 6) is -0.241. The molecule has 19 heavy (non-hydrogen) atoms. The number of nitrogens with two attached hydrogens (primary N) is 1. The average Bonchev–Trinajstić information content (AvgIpc) is 2.34. The van der Waals surface area contributed by atoms with Crippen molar-refractivity contribution in [1.82, 2.24) is 0 Å². The monoisotopic (exact) mass is 267 g/mol. The van der Waals surface area contributed by atoms with E-state index in [-0.39, 0.29) is 17.9 Å². The first-order valence-corrected chi connectivity index (χ1v) is 6.34. The highest BCUT2D eigenvalue weighted by Crippen LogP contribution is 2.26. The first-order valence-electron chi connectivity index (χ1n) is 6.34. The van der Waals surface area contributed by atoms with Crippen LogP contribution >= 0.6 is 0 Å². The Balaban J connectivity index is 2.43. The second-order valence-electron chi connectivity index (χ2n) is 4.67. The molecule has 0 fully saturated rings. The fourth-order valence-corrected chi connectivity index (χ4v) is 1.51. The zero-order chi connectivity index (χ0) is 14.3. The van der Waals surface area contributed by atoms with Crippen molar-refractivity contribution < 1.29 is 19.4 Å². The second kappa shape index (κ2) is 7.63. The Kier molecular flexibility index (Phi) is 6.15. The molecule has 0 saturated heterocycles. The van der Waals surface area contributed by atoms with Crippen LogP contribution in [-0.4, -0.2) is 30.9 Å². The molecule has 0 bridgehead atoms. The summed E-state index contributed by atoms with van der Waals surface area (Å²) in [6.07, 6.45) is 0.994. The van der Waals surface area contributed by atoms with Crippen molar-refractivity contribution in [1.29, 1.82) is 0 Å². The zero-order valence-electron chi connectivity index (χ0n) is 11.4. The van der Waals surface area contributed by atoms with Crippen LogP contribution in [0.1, 0.15) is 30.6 Å². The molecule has 1 rings (SSSR count). The maximum atomic E-state index is 11.0. The number of benzene rings is 1. The molecule has 5 heteroatoms. The lowest BCUT2D eigenvalue weighted by Gasteiger charge is -2.12. The normalized spacial score (nSPS) is 10.7. The number of nitrogen functional groups attached to an aromatic ring is 1. The Morgan fingerprint density at radius 3 is 2.68 bits per heavy atom. The van der Waals surface area contributed by atoms with Crippen molar-refractivity contribution in [2.24, 2.45) is 5.92 Å². The number of ether oxygens (including phenoxy) is 2. The second-order valence-corrected chi connectivity index (χ2v) is 4.67. The number of para-hydroxylation sites is 1. The molecule has 0 aliphatic carbocycles. The van der Waals surface area contributed by atoms with Gasteiger partial charge >= 0.3 is 5.97 Å².